The van der Waals surface area contributed by atoms with Gasteiger partial charge in [0.05, 0.1) is 13.2 Å². The molecule has 16 heteroatoms. The Morgan fingerprint density at radius 3 is 2.18 bits per heavy atom. The van der Waals surface area contributed by atoms with Crippen molar-refractivity contribution in [2.75, 3.05) is 6.61 Å². The molecule has 1 aromatic heterocycles. The molecule has 1 aliphatic rings. The first kappa shape index (κ1) is 29.8. The number of hydrogen-bond acceptors (Lipinski definition) is 13. The highest BCUT2D eigenvalue weighted by molar-refractivity contribution is 7.98. The van der Waals surface area contributed by atoms with E-state index in [-0.39, 0.29) is 0 Å². The molecule has 2 heterocycles. The van der Waals surface area contributed by atoms with Crippen LogP contribution in [0.3, 0.4) is 0 Å². The largest absolute Gasteiger partial charge is 0.756 e. The first-order chi connectivity index (χ1) is 18.5. The number of aromatic nitrogens is 2. The minimum Gasteiger partial charge on any atom is -0.756 e. The van der Waals surface area contributed by atoms with Crippen molar-refractivity contribution in [1.29, 1.82) is 0 Å². The Morgan fingerprint density at radius 2 is 1.54 bits per heavy atom. The number of phosphoric ester groups is 2. The second-order valence-corrected chi connectivity index (χ2v) is 12.3. The summed E-state index contributed by atoms with van der Waals surface area (Å²) in [6.45, 7) is -1.38. The Balaban J connectivity index is 1.32. The van der Waals surface area contributed by atoms with Crippen LogP contribution in [0.15, 0.2) is 82.7 Å². The third-order valence-electron chi connectivity index (χ3n) is 5.47. The van der Waals surface area contributed by atoms with Gasteiger partial charge in [-0.1, -0.05) is 60.7 Å². The minimum absolute atomic E-state index is 0.425. The van der Waals surface area contributed by atoms with Crippen LogP contribution in [0.2, 0.25) is 0 Å². The topological polar surface area (TPSA) is 193 Å². The molecular formula is C23H24N2O11P2S-2. The molecule has 4 rings (SSSR count). The van der Waals surface area contributed by atoms with Gasteiger partial charge >= 0.3 is 5.69 Å². The predicted octanol–water partition coefficient (Wildman–Crippen LogP) is 1.34. The van der Waals surface area contributed by atoms with Gasteiger partial charge < -0.3 is 33.8 Å². The van der Waals surface area contributed by atoms with Gasteiger partial charge in [-0.2, -0.15) is 4.98 Å². The van der Waals surface area contributed by atoms with Crippen LogP contribution in [-0.2, 0) is 39.6 Å². The highest BCUT2D eigenvalue weighted by atomic mass is 32.2. The molecule has 6 atom stereocenters. The first-order valence-corrected chi connectivity index (χ1v) is 15.4. The van der Waals surface area contributed by atoms with E-state index in [4.69, 9.17) is 4.74 Å². The molecule has 0 aliphatic carbocycles. The lowest BCUT2D eigenvalue weighted by Crippen LogP contribution is -2.36. The van der Waals surface area contributed by atoms with Crippen molar-refractivity contribution in [2.24, 2.45) is 0 Å². The van der Waals surface area contributed by atoms with E-state index in [1.165, 1.54) is 24.0 Å². The smallest absolute Gasteiger partial charge is 0.350 e. The molecule has 3 aromatic rings. The third-order valence-corrected chi connectivity index (χ3v) is 8.99. The average molecular weight is 598 g/mol. The van der Waals surface area contributed by atoms with Gasteiger partial charge in [0.1, 0.15) is 23.3 Å². The van der Waals surface area contributed by atoms with Crippen molar-refractivity contribution in [2.45, 2.75) is 41.9 Å². The lowest BCUT2D eigenvalue weighted by atomic mass is 10.1. The average Bonchev–Trinajstić information content (AvgIpc) is 3.19. The zero-order chi connectivity index (χ0) is 28.0. The molecule has 210 valence electrons. The zero-order valence-electron chi connectivity index (χ0n) is 20.1. The molecule has 2 N–H and O–H groups in total. The van der Waals surface area contributed by atoms with Crippen LogP contribution in [0.25, 0.3) is 0 Å². The predicted molar refractivity (Wildman–Crippen MR) is 134 cm³/mol. The number of aliphatic hydroxyl groups is 2. The van der Waals surface area contributed by atoms with Crippen molar-refractivity contribution in [3.63, 3.8) is 0 Å². The number of thioether (sulfide) groups is 1. The van der Waals surface area contributed by atoms with Crippen LogP contribution in [-0.4, -0.2) is 44.7 Å². The summed E-state index contributed by atoms with van der Waals surface area (Å²) in [7, 11) is -10.8. The molecule has 3 unspecified atom stereocenters. The fraction of sp³-hybridized carbons (Fsp3) is 0.304. The number of nitrogens with zero attached hydrogens (tertiary/aromatic N) is 2. The van der Waals surface area contributed by atoms with Crippen LogP contribution in [0.4, 0.5) is 0 Å². The highest BCUT2D eigenvalue weighted by Crippen LogP contribution is 2.56. The summed E-state index contributed by atoms with van der Waals surface area (Å²) in [6, 6.07) is 19.2. The fourth-order valence-corrected chi connectivity index (χ4v) is 6.36. The van der Waals surface area contributed by atoms with E-state index in [1.54, 1.807) is 30.3 Å². The number of rotatable bonds is 12. The van der Waals surface area contributed by atoms with Gasteiger partial charge in [0, 0.05) is 11.9 Å². The van der Waals surface area contributed by atoms with Gasteiger partial charge in [-0.3, -0.25) is 13.7 Å². The summed E-state index contributed by atoms with van der Waals surface area (Å²) in [6.07, 6.45) is -4.86. The number of hydrogen-bond donors (Lipinski definition) is 2. The van der Waals surface area contributed by atoms with Crippen molar-refractivity contribution >= 4 is 27.4 Å². The van der Waals surface area contributed by atoms with E-state index in [2.05, 4.69) is 18.3 Å². The second kappa shape index (κ2) is 13.0. The number of benzene rings is 2. The SMILES string of the molecule is O=c1nc(SCc2ccccc2)ccn1[C@@H]1O[C@H](COP(=O)([O-])OP(=O)([O-])OCc2ccccc2)[C@H](O)C1O. The zero-order valence-corrected chi connectivity index (χ0v) is 22.7. The Labute approximate surface area is 227 Å². The van der Waals surface area contributed by atoms with E-state index in [0.717, 1.165) is 10.1 Å². The molecule has 1 saturated heterocycles. The van der Waals surface area contributed by atoms with E-state index >= 15 is 0 Å². The van der Waals surface area contributed by atoms with Crippen molar-refractivity contribution < 1.29 is 47.2 Å². The summed E-state index contributed by atoms with van der Waals surface area (Å²) in [4.78, 5) is 40.5. The van der Waals surface area contributed by atoms with E-state index in [9.17, 15) is 33.9 Å². The summed E-state index contributed by atoms with van der Waals surface area (Å²) in [5.74, 6) is 0.572. The Bertz CT molecular complexity index is 1400. The van der Waals surface area contributed by atoms with E-state index in [1.807, 2.05) is 30.3 Å². The van der Waals surface area contributed by atoms with Crippen molar-refractivity contribution in [3.05, 3.63) is 94.5 Å². The molecule has 1 fully saturated rings. The first-order valence-electron chi connectivity index (χ1n) is 11.5. The maximum atomic E-state index is 12.6. The van der Waals surface area contributed by atoms with Crippen LogP contribution in [0.5, 0.6) is 0 Å². The Hall–Kier alpha value is -2.19. The van der Waals surface area contributed by atoms with Crippen LogP contribution < -0.4 is 15.5 Å². The third kappa shape index (κ3) is 8.40. The standard InChI is InChI=1S/C23H26N2O11P2S/c26-20-18(14-34-38(31,32)36-37(29,30)33-13-16-7-3-1-4-8-16)35-22(21(20)27)25-12-11-19(24-23(25)28)39-15-17-9-5-2-6-10-17/h1-12,18,20-22,26-27H,13-15H2,(H,29,30)(H,31,32)/p-2/t18-,20+,21?,22-/m1/s1. The molecule has 1 aliphatic heterocycles. The number of aliphatic hydroxyl groups excluding tert-OH is 2. The van der Waals surface area contributed by atoms with Crippen LogP contribution in [0.1, 0.15) is 17.4 Å². The molecule has 2 aromatic carbocycles. The molecule has 39 heavy (non-hydrogen) atoms. The van der Waals surface area contributed by atoms with Gasteiger partial charge in [0.2, 0.25) is 0 Å². The van der Waals surface area contributed by atoms with Crippen LogP contribution >= 0.6 is 27.4 Å². The molecule has 0 amide bonds. The maximum absolute atomic E-state index is 12.6. The van der Waals surface area contributed by atoms with Gasteiger partial charge in [-0.05, 0) is 17.2 Å². The lowest BCUT2D eigenvalue weighted by Gasteiger charge is -2.31. The van der Waals surface area contributed by atoms with Gasteiger partial charge in [0.15, 0.2) is 6.23 Å². The summed E-state index contributed by atoms with van der Waals surface area (Å²) in [5, 5.41) is 21.1. The molecule has 13 nitrogen and oxygen atoms in total. The lowest BCUT2D eigenvalue weighted by molar-refractivity contribution is -0.246. The highest BCUT2D eigenvalue weighted by Gasteiger charge is 2.44. The van der Waals surface area contributed by atoms with Gasteiger partial charge in [-0.25, -0.2) is 9.11 Å². The monoisotopic (exact) mass is 598 g/mol. The van der Waals surface area contributed by atoms with Gasteiger partial charge in [0.25, 0.3) is 15.6 Å². The molecular weight excluding hydrogens is 574 g/mol. The molecule has 0 spiro atoms. The van der Waals surface area contributed by atoms with E-state index < -0.39 is 59.1 Å². The minimum atomic E-state index is -5.48. The molecule has 0 radical (unpaired) electrons. The Morgan fingerprint density at radius 1 is 0.923 bits per heavy atom. The fourth-order valence-electron chi connectivity index (χ4n) is 3.56. The van der Waals surface area contributed by atoms with Crippen molar-refractivity contribution in [1.82, 2.24) is 9.55 Å². The second-order valence-electron chi connectivity index (χ2n) is 8.31. The summed E-state index contributed by atoms with van der Waals surface area (Å²) < 4.78 is 43.6. The normalized spacial score (nSPS) is 24.2. The maximum Gasteiger partial charge on any atom is 0.350 e. The van der Waals surface area contributed by atoms with Gasteiger partial charge in [-0.15, -0.1) is 11.8 Å². The van der Waals surface area contributed by atoms with Crippen LogP contribution in [0, 0.1) is 0 Å². The Kier molecular flexibility index (Phi) is 9.92. The summed E-state index contributed by atoms with van der Waals surface area (Å²) >= 11 is 1.32. The molecule has 0 bridgehead atoms. The van der Waals surface area contributed by atoms with E-state index in [0.29, 0.717) is 16.3 Å². The molecule has 0 saturated carbocycles. The number of phosphoric acid groups is 2. The van der Waals surface area contributed by atoms with Crippen molar-refractivity contribution in [3.8, 4) is 0 Å². The number of ether oxygens (including phenoxy) is 1. The summed E-state index contributed by atoms with van der Waals surface area (Å²) in [5.41, 5.74) is 0.713. The quantitative estimate of drug-likeness (QED) is 0.173.